The number of carbonyl (C=O) groups is 2. The van der Waals surface area contributed by atoms with Gasteiger partial charge in [0.05, 0.1) is 0 Å². The molecule has 0 bridgehead atoms. The van der Waals surface area contributed by atoms with E-state index in [1.54, 1.807) is 11.8 Å². The highest BCUT2D eigenvalue weighted by atomic mass is 16.5. The van der Waals surface area contributed by atoms with Crippen LogP contribution in [-0.4, -0.2) is 48.6 Å². The number of nitrogens with one attached hydrogen (secondary N) is 1. The average molecular weight is 212 g/mol. The number of nitrogens with zero attached hydrogens (tertiary/aromatic N) is 1. The highest BCUT2D eigenvalue weighted by Gasteiger charge is 2.35. The average Bonchev–Trinajstić information content (AvgIpc) is 2.74. The number of piperazine rings is 1. The van der Waals surface area contributed by atoms with E-state index in [0.29, 0.717) is 19.7 Å². The normalized spacial score (nSPS) is 31.5. The summed E-state index contributed by atoms with van der Waals surface area (Å²) in [5.74, 6) is -0.109. The smallest absolute Gasteiger partial charge is 0.252 e. The first-order chi connectivity index (χ1) is 7.20. The summed E-state index contributed by atoms with van der Waals surface area (Å²) in [6.07, 6.45) is 1.40. The van der Waals surface area contributed by atoms with Gasteiger partial charge in [-0.2, -0.15) is 0 Å². The summed E-state index contributed by atoms with van der Waals surface area (Å²) in [6, 6.07) is -0.365. The zero-order valence-electron chi connectivity index (χ0n) is 8.86. The van der Waals surface area contributed by atoms with E-state index in [1.165, 1.54) is 0 Å². The highest BCUT2D eigenvalue weighted by molar-refractivity contribution is 5.90. The maximum atomic E-state index is 12.0. The van der Waals surface area contributed by atoms with Gasteiger partial charge in [-0.25, -0.2) is 0 Å². The Morgan fingerprint density at radius 2 is 2.40 bits per heavy atom. The number of hydrogen-bond acceptors (Lipinski definition) is 3. The summed E-state index contributed by atoms with van der Waals surface area (Å²) in [5, 5.41) is 2.73. The Hall–Kier alpha value is -1.10. The van der Waals surface area contributed by atoms with Crippen LogP contribution in [0.25, 0.3) is 0 Å². The Kier molecular flexibility index (Phi) is 2.90. The van der Waals surface area contributed by atoms with Gasteiger partial charge in [0.2, 0.25) is 5.91 Å². The molecule has 2 saturated heterocycles. The van der Waals surface area contributed by atoms with E-state index in [1.807, 2.05) is 0 Å². The van der Waals surface area contributed by atoms with E-state index in [2.05, 4.69) is 5.32 Å². The van der Waals surface area contributed by atoms with Crippen LogP contribution in [0.2, 0.25) is 0 Å². The third kappa shape index (κ3) is 1.97. The molecule has 1 unspecified atom stereocenters. The molecule has 5 nitrogen and oxygen atoms in total. The van der Waals surface area contributed by atoms with Gasteiger partial charge in [-0.05, 0) is 19.8 Å². The molecule has 2 heterocycles. The zero-order valence-corrected chi connectivity index (χ0v) is 8.86. The first-order valence-electron chi connectivity index (χ1n) is 5.40. The molecule has 2 amide bonds. The highest BCUT2D eigenvalue weighted by Crippen LogP contribution is 2.17. The minimum absolute atomic E-state index is 0.0325. The Labute approximate surface area is 88.8 Å². The van der Waals surface area contributed by atoms with E-state index in [9.17, 15) is 9.59 Å². The first-order valence-corrected chi connectivity index (χ1v) is 5.40. The molecule has 84 valence electrons. The lowest BCUT2D eigenvalue weighted by atomic mass is 10.1. The molecule has 1 N–H and O–H groups in total. The quantitative estimate of drug-likeness (QED) is 0.638. The maximum absolute atomic E-state index is 12.0. The van der Waals surface area contributed by atoms with Crippen LogP contribution in [0.1, 0.15) is 19.8 Å². The minimum atomic E-state index is -0.365. The number of hydrogen-bond donors (Lipinski definition) is 1. The van der Waals surface area contributed by atoms with E-state index in [4.69, 9.17) is 4.74 Å². The number of carbonyl (C=O) groups excluding carboxylic acids is 2. The fourth-order valence-electron chi connectivity index (χ4n) is 2.04. The molecular formula is C10H16N2O3. The lowest BCUT2D eigenvalue weighted by Crippen LogP contribution is -2.57. The summed E-state index contributed by atoms with van der Waals surface area (Å²) in [7, 11) is 0. The lowest BCUT2D eigenvalue weighted by molar-refractivity contribution is -0.149. The fraction of sp³-hybridized carbons (Fsp3) is 0.800. The maximum Gasteiger partial charge on any atom is 0.252 e. The Morgan fingerprint density at radius 3 is 3.07 bits per heavy atom. The SMILES string of the molecule is CC1C(=O)NCCN1C(=O)[C@H]1CCCO1. The third-order valence-corrected chi connectivity index (χ3v) is 2.99. The van der Waals surface area contributed by atoms with Gasteiger partial charge in [-0.3, -0.25) is 9.59 Å². The van der Waals surface area contributed by atoms with E-state index in [-0.39, 0.29) is 24.0 Å². The van der Waals surface area contributed by atoms with Gasteiger partial charge in [-0.1, -0.05) is 0 Å². The molecule has 5 heteroatoms. The Morgan fingerprint density at radius 1 is 1.60 bits per heavy atom. The van der Waals surface area contributed by atoms with Crippen molar-refractivity contribution in [3.8, 4) is 0 Å². The monoisotopic (exact) mass is 212 g/mol. The van der Waals surface area contributed by atoms with Gasteiger partial charge in [-0.15, -0.1) is 0 Å². The predicted octanol–water partition coefficient (Wildman–Crippen LogP) is -0.488. The van der Waals surface area contributed by atoms with Crippen LogP contribution in [0.15, 0.2) is 0 Å². The van der Waals surface area contributed by atoms with Crippen molar-refractivity contribution in [3.05, 3.63) is 0 Å². The van der Waals surface area contributed by atoms with Crippen LogP contribution >= 0.6 is 0 Å². The van der Waals surface area contributed by atoms with Gasteiger partial charge in [0.15, 0.2) is 0 Å². The van der Waals surface area contributed by atoms with Crippen LogP contribution in [0.3, 0.4) is 0 Å². The van der Waals surface area contributed by atoms with Crippen LogP contribution in [-0.2, 0) is 14.3 Å². The number of ether oxygens (including phenoxy) is 1. The third-order valence-electron chi connectivity index (χ3n) is 2.99. The molecule has 0 spiro atoms. The van der Waals surface area contributed by atoms with Crippen molar-refractivity contribution in [2.45, 2.75) is 31.9 Å². The molecule has 15 heavy (non-hydrogen) atoms. The summed E-state index contributed by atoms with van der Waals surface area (Å²) < 4.78 is 5.33. The van der Waals surface area contributed by atoms with Gasteiger partial charge in [0.25, 0.3) is 5.91 Å². The predicted molar refractivity (Wildman–Crippen MR) is 53.2 cm³/mol. The van der Waals surface area contributed by atoms with Crippen molar-refractivity contribution in [2.24, 2.45) is 0 Å². The Bertz CT molecular complexity index is 274. The molecule has 2 aliphatic heterocycles. The van der Waals surface area contributed by atoms with Crippen molar-refractivity contribution in [3.63, 3.8) is 0 Å². The van der Waals surface area contributed by atoms with Crippen molar-refractivity contribution >= 4 is 11.8 Å². The summed E-state index contributed by atoms with van der Waals surface area (Å²) >= 11 is 0. The van der Waals surface area contributed by atoms with Crippen molar-refractivity contribution < 1.29 is 14.3 Å². The molecular weight excluding hydrogens is 196 g/mol. The van der Waals surface area contributed by atoms with Crippen LogP contribution in [0.5, 0.6) is 0 Å². The summed E-state index contributed by atoms with van der Waals surface area (Å²) in [5.41, 5.74) is 0. The molecule has 0 aromatic heterocycles. The van der Waals surface area contributed by atoms with Crippen LogP contribution < -0.4 is 5.32 Å². The zero-order chi connectivity index (χ0) is 10.8. The molecule has 2 rings (SSSR count). The summed E-state index contributed by atoms with van der Waals surface area (Å²) in [6.45, 7) is 3.54. The van der Waals surface area contributed by atoms with Gasteiger partial charge >= 0.3 is 0 Å². The summed E-state index contributed by atoms with van der Waals surface area (Å²) in [4.78, 5) is 25.0. The van der Waals surface area contributed by atoms with Crippen molar-refractivity contribution in [2.75, 3.05) is 19.7 Å². The lowest BCUT2D eigenvalue weighted by Gasteiger charge is -2.34. The van der Waals surface area contributed by atoms with Crippen molar-refractivity contribution in [1.82, 2.24) is 10.2 Å². The second-order valence-corrected chi connectivity index (χ2v) is 4.00. The van der Waals surface area contributed by atoms with E-state index in [0.717, 1.165) is 12.8 Å². The molecule has 0 radical (unpaired) electrons. The molecule has 0 saturated carbocycles. The molecule has 0 aromatic rings. The number of rotatable bonds is 1. The van der Waals surface area contributed by atoms with Crippen LogP contribution in [0.4, 0.5) is 0 Å². The fourth-order valence-corrected chi connectivity index (χ4v) is 2.04. The molecule has 0 aliphatic carbocycles. The minimum Gasteiger partial charge on any atom is -0.368 e. The van der Waals surface area contributed by atoms with Crippen LogP contribution in [0, 0.1) is 0 Å². The van der Waals surface area contributed by atoms with Gasteiger partial charge < -0.3 is 15.0 Å². The molecule has 0 aromatic carbocycles. The second kappa shape index (κ2) is 4.18. The van der Waals surface area contributed by atoms with Gasteiger partial charge in [0, 0.05) is 19.7 Å². The topological polar surface area (TPSA) is 58.6 Å². The number of amides is 2. The van der Waals surface area contributed by atoms with E-state index < -0.39 is 0 Å². The second-order valence-electron chi connectivity index (χ2n) is 4.00. The van der Waals surface area contributed by atoms with Gasteiger partial charge in [0.1, 0.15) is 12.1 Å². The molecule has 2 atom stereocenters. The van der Waals surface area contributed by atoms with Crippen molar-refractivity contribution in [1.29, 1.82) is 0 Å². The Balaban J connectivity index is 2.01. The first kappa shape index (κ1) is 10.4. The molecule has 2 fully saturated rings. The standard InChI is InChI=1S/C10H16N2O3/c1-7-9(13)11-4-5-12(7)10(14)8-3-2-6-15-8/h7-8H,2-6H2,1H3,(H,11,13)/t7?,8-/m1/s1. The van der Waals surface area contributed by atoms with E-state index >= 15 is 0 Å². The largest absolute Gasteiger partial charge is 0.368 e. The molecule has 2 aliphatic rings.